The maximum absolute atomic E-state index is 12.5. The molecule has 0 aliphatic carbocycles. The maximum atomic E-state index is 12.5. The molecule has 0 radical (unpaired) electrons. The highest BCUT2D eigenvalue weighted by molar-refractivity contribution is 5.96. The second-order valence-electron chi connectivity index (χ2n) is 6.28. The van der Waals surface area contributed by atoms with Crippen molar-refractivity contribution in [2.45, 2.75) is 39.5 Å². The average Bonchev–Trinajstić information content (AvgIpc) is 2.61. The number of hydrogen-bond acceptors (Lipinski definition) is 2. The highest BCUT2D eigenvalue weighted by atomic mass is 16.2. The number of aryl methyl sites for hydroxylation is 2. The number of para-hydroxylation sites is 1. The van der Waals surface area contributed by atoms with Crippen molar-refractivity contribution >= 4 is 17.5 Å². The van der Waals surface area contributed by atoms with E-state index in [0.29, 0.717) is 0 Å². The Balaban J connectivity index is 1.97. The van der Waals surface area contributed by atoms with Crippen molar-refractivity contribution in [3.63, 3.8) is 0 Å². The SMILES string of the molecule is CCCC(C(=O)NCC(=O)Nc1c(C)cccc1C)c1ccccc1. The predicted octanol–water partition coefficient (Wildman–Crippen LogP) is 3.94. The molecule has 0 aromatic heterocycles. The Bertz CT molecular complexity index is 706. The first-order valence-electron chi connectivity index (χ1n) is 8.71. The van der Waals surface area contributed by atoms with E-state index in [2.05, 4.69) is 17.6 Å². The van der Waals surface area contributed by atoms with E-state index in [1.54, 1.807) is 0 Å². The molecule has 132 valence electrons. The van der Waals surface area contributed by atoms with Gasteiger partial charge in [-0.1, -0.05) is 61.9 Å². The summed E-state index contributed by atoms with van der Waals surface area (Å²) in [5.74, 6) is -0.544. The Morgan fingerprint density at radius 3 is 2.20 bits per heavy atom. The molecule has 0 bridgehead atoms. The molecular formula is C21H26N2O2. The van der Waals surface area contributed by atoms with Crippen LogP contribution < -0.4 is 10.6 Å². The Labute approximate surface area is 149 Å². The molecular weight excluding hydrogens is 312 g/mol. The summed E-state index contributed by atoms with van der Waals surface area (Å²) < 4.78 is 0. The van der Waals surface area contributed by atoms with Gasteiger partial charge in [0.05, 0.1) is 12.5 Å². The van der Waals surface area contributed by atoms with Crippen LogP contribution in [-0.2, 0) is 9.59 Å². The summed E-state index contributed by atoms with van der Waals surface area (Å²) in [5.41, 5.74) is 3.81. The van der Waals surface area contributed by atoms with E-state index in [1.807, 2.05) is 62.4 Å². The molecule has 2 rings (SSSR count). The van der Waals surface area contributed by atoms with Crippen molar-refractivity contribution < 1.29 is 9.59 Å². The van der Waals surface area contributed by atoms with E-state index in [9.17, 15) is 9.59 Å². The lowest BCUT2D eigenvalue weighted by atomic mass is 9.93. The van der Waals surface area contributed by atoms with Gasteiger partial charge in [0.25, 0.3) is 0 Å². The first-order valence-corrected chi connectivity index (χ1v) is 8.71. The van der Waals surface area contributed by atoms with Gasteiger partial charge in [0.1, 0.15) is 0 Å². The van der Waals surface area contributed by atoms with Crippen LogP contribution in [0.2, 0.25) is 0 Å². The molecule has 0 aliphatic rings. The van der Waals surface area contributed by atoms with Crippen LogP contribution in [0.5, 0.6) is 0 Å². The zero-order valence-corrected chi connectivity index (χ0v) is 15.1. The molecule has 25 heavy (non-hydrogen) atoms. The minimum atomic E-state index is -0.223. The van der Waals surface area contributed by atoms with Gasteiger partial charge in [0.2, 0.25) is 11.8 Å². The lowest BCUT2D eigenvalue weighted by Crippen LogP contribution is -2.36. The van der Waals surface area contributed by atoms with E-state index < -0.39 is 0 Å². The smallest absolute Gasteiger partial charge is 0.243 e. The van der Waals surface area contributed by atoms with Crippen molar-refractivity contribution in [2.24, 2.45) is 0 Å². The third-order valence-corrected chi connectivity index (χ3v) is 4.26. The van der Waals surface area contributed by atoms with E-state index in [4.69, 9.17) is 0 Å². The molecule has 1 atom stereocenters. The molecule has 0 saturated heterocycles. The molecule has 0 fully saturated rings. The van der Waals surface area contributed by atoms with Crippen molar-refractivity contribution in [3.8, 4) is 0 Å². The molecule has 1 unspecified atom stereocenters. The molecule has 4 nitrogen and oxygen atoms in total. The van der Waals surface area contributed by atoms with E-state index >= 15 is 0 Å². The number of rotatable bonds is 7. The Kier molecular flexibility index (Phi) is 6.75. The summed E-state index contributed by atoms with van der Waals surface area (Å²) in [7, 11) is 0. The molecule has 0 aliphatic heterocycles. The summed E-state index contributed by atoms with van der Waals surface area (Å²) in [4.78, 5) is 24.7. The maximum Gasteiger partial charge on any atom is 0.243 e. The first-order chi connectivity index (χ1) is 12.0. The number of nitrogens with one attached hydrogen (secondary N) is 2. The number of benzene rings is 2. The topological polar surface area (TPSA) is 58.2 Å². The lowest BCUT2D eigenvalue weighted by Gasteiger charge is -2.17. The van der Waals surface area contributed by atoms with Gasteiger partial charge in [-0.15, -0.1) is 0 Å². The monoisotopic (exact) mass is 338 g/mol. The second-order valence-corrected chi connectivity index (χ2v) is 6.28. The van der Waals surface area contributed by atoms with Crippen LogP contribution in [0.15, 0.2) is 48.5 Å². The Morgan fingerprint density at radius 1 is 0.960 bits per heavy atom. The third kappa shape index (κ3) is 5.18. The molecule has 2 aromatic carbocycles. The molecule has 0 saturated carbocycles. The summed E-state index contributed by atoms with van der Waals surface area (Å²) in [5, 5.41) is 5.66. The van der Waals surface area contributed by atoms with Crippen LogP contribution in [0.1, 0.15) is 42.4 Å². The molecule has 0 heterocycles. The Hall–Kier alpha value is -2.62. The van der Waals surface area contributed by atoms with E-state index in [0.717, 1.165) is 35.2 Å². The molecule has 2 N–H and O–H groups in total. The minimum absolute atomic E-state index is 0.0281. The van der Waals surface area contributed by atoms with Gasteiger partial charge in [0.15, 0.2) is 0 Å². The minimum Gasteiger partial charge on any atom is -0.346 e. The molecule has 2 aromatic rings. The Morgan fingerprint density at radius 2 is 1.60 bits per heavy atom. The fourth-order valence-electron chi connectivity index (χ4n) is 2.91. The molecule has 4 heteroatoms. The van der Waals surface area contributed by atoms with E-state index in [-0.39, 0.29) is 24.3 Å². The number of carbonyl (C=O) groups is 2. The molecule has 0 spiro atoms. The van der Waals surface area contributed by atoms with Gasteiger partial charge in [0, 0.05) is 5.69 Å². The van der Waals surface area contributed by atoms with Gasteiger partial charge < -0.3 is 10.6 Å². The van der Waals surface area contributed by atoms with Crippen LogP contribution in [-0.4, -0.2) is 18.4 Å². The lowest BCUT2D eigenvalue weighted by molar-refractivity contribution is -0.125. The van der Waals surface area contributed by atoms with Crippen molar-refractivity contribution in [3.05, 3.63) is 65.2 Å². The number of amides is 2. The van der Waals surface area contributed by atoms with Gasteiger partial charge in [-0.3, -0.25) is 9.59 Å². The third-order valence-electron chi connectivity index (χ3n) is 4.26. The first kappa shape index (κ1) is 18.7. The number of carbonyl (C=O) groups excluding carboxylic acids is 2. The highest BCUT2D eigenvalue weighted by Gasteiger charge is 2.20. The van der Waals surface area contributed by atoms with Gasteiger partial charge in [-0.2, -0.15) is 0 Å². The normalized spacial score (nSPS) is 11.6. The predicted molar refractivity (Wildman–Crippen MR) is 102 cm³/mol. The number of anilines is 1. The quantitative estimate of drug-likeness (QED) is 0.803. The van der Waals surface area contributed by atoms with Crippen LogP contribution >= 0.6 is 0 Å². The van der Waals surface area contributed by atoms with Crippen molar-refractivity contribution in [1.29, 1.82) is 0 Å². The van der Waals surface area contributed by atoms with Crippen LogP contribution in [0, 0.1) is 13.8 Å². The second kappa shape index (κ2) is 9.02. The zero-order chi connectivity index (χ0) is 18.2. The fourth-order valence-corrected chi connectivity index (χ4v) is 2.91. The van der Waals surface area contributed by atoms with Gasteiger partial charge in [-0.05, 0) is 37.0 Å². The van der Waals surface area contributed by atoms with Gasteiger partial charge in [-0.25, -0.2) is 0 Å². The van der Waals surface area contributed by atoms with Crippen molar-refractivity contribution in [1.82, 2.24) is 5.32 Å². The fraction of sp³-hybridized carbons (Fsp3) is 0.333. The van der Waals surface area contributed by atoms with E-state index in [1.165, 1.54) is 0 Å². The van der Waals surface area contributed by atoms with Crippen LogP contribution in [0.25, 0.3) is 0 Å². The zero-order valence-electron chi connectivity index (χ0n) is 15.1. The standard InChI is InChI=1S/C21H26N2O2/c1-4-9-18(17-12-6-5-7-13-17)21(25)22-14-19(24)23-20-15(2)10-8-11-16(20)3/h5-8,10-13,18H,4,9,14H2,1-3H3,(H,22,25)(H,23,24). The van der Waals surface area contributed by atoms with Crippen molar-refractivity contribution in [2.75, 3.05) is 11.9 Å². The summed E-state index contributed by atoms with van der Waals surface area (Å²) >= 11 is 0. The molecule has 2 amide bonds. The largest absolute Gasteiger partial charge is 0.346 e. The van der Waals surface area contributed by atoms with Gasteiger partial charge >= 0.3 is 0 Å². The summed E-state index contributed by atoms with van der Waals surface area (Å²) in [6.07, 6.45) is 1.66. The summed E-state index contributed by atoms with van der Waals surface area (Å²) in [6, 6.07) is 15.6. The summed E-state index contributed by atoms with van der Waals surface area (Å²) in [6.45, 7) is 5.93. The van der Waals surface area contributed by atoms with Crippen LogP contribution in [0.4, 0.5) is 5.69 Å². The van der Waals surface area contributed by atoms with Crippen LogP contribution in [0.3, 0.4) is 0 Å². The average molecular weight is 338 g/mol. The number of hydrogen-bond donors (Lipinski definition) is 2. The highest BCUT2D eigenvalue weighted by Crippen LogP contribution is 2.21.